The standard InChI is InChI=1S/C15H18N2O/c1-10-6-7-11-4-3-5-12-13(11)14(10)17-15(2,16-12)8-9-18/h3-7,16-18H,8-9H2,1-2H3. The Kier molecular flexibility index (Phi) is 2.45. The fourth-order valence-electron chi connectivity index (χ4n) is 2.70. The molecule has 0 bridgehead atoms. The van der Waals surface area contributed by atoms with E-state index in [1.165, 1.54) is 22.0 Å². The molecule has 3 heteroatoms. The summed E-state index contributed by atoms with van der Waals surface area (Å²) in [6, 6.07) is 10.6. The van der Waals surface area contributed by atoms with Gasteiger partial charge in [-0.05, 0) is 30.9 Å². The van der Waals surface area contributed by atoms with Crippen molar-refractivity contribution in [3.05, 3.63) is 35.9 Å². The van der Waals surface area contributed by atoms with Crippen LogP contribution in [0.1, 0.15) is 18.9 Å². The molecule has 1 unspecified atom stereocenters. The summed E-state index contributed by atoms with van der Waals surface area (Å²) in [6.07, 6.45) is 0.664. The molecule has 2 aromatic carbocycles. The predicted molar refractivity (Wildman–Crippen MR) is 76.0 cm³/mol. The lowest BCUT2D eigenvalue weighted by atomic mass is 9.96. The zero-order valence-corrected chi connectivity index (χ0v) is 10.7. The van der Waals surface area contributed by atoms with Gasteiger partial charge >= 0.3 is 0 Å². The van der Waals surface area contributed by atoms with Gasteiger partial charge in [0.25, 0.3) is 0 Å². The minimum absolute atomic E-state index is 0.160. The number of aryl methyl sites for hydroxylation is 1. The second-order valence-corrected chi connectivity index (χ2v) is 5.22. The van der Waals surface area contributed by atoms with Crippen LogP contribution < -0.4 is 10.6 Å². The molecule has 1 heterocycles. The predicted octanol–water partition coefficient (Wildman–Crippen LogP) is 3.08. The number of hydrogen-bond donors (Lipinski definition) is 3. The SMILES string of the molecule is Cc1ccc2cccc3c2c1NC(C)(CCO)N3. The van der Waals surface area contributed by atoms with Crippen molar-refractivity contribution < 1.29 is 5.11 Å². The Morgan fingerprint density at radius 2 is 2.00 bits per heavy atom. The van der Waals surface area contributed by atoms with E-state index in [4.69, 9.17) is 0 Å². The zero-order valence-electron chi connectivity index (χ0n) is 10.7. The minimum atomic E-state index is -0.290. The van der Waals surface area contributed by atoms with E-state index in [1.54, 1.807) is 0 Å². The molecule has 3 rings (SSSR count). The molecular formula is C15H18N2O. The van der Waals surface area contributed by atoms with Gasteiger partial charge in [-0.25, -0.2) is 0 Å². The first kappa shape index (κ1) is 11.4. The van der Waals surface area contributed by atoms with E-state index in [2.05, 4.69) is 54.8 Å². The third kappa shape index (κ3) is 1.63. The van der Waals surface area contributed by atoms with Gasteiger partial charge < -0.3 is 15.7 Å². The highest BCUT2D eigenvalue weighted by molar-refractivity contribution is 6.06. The van der Waals surface area contributed by atoms with Gasteiger partial charge in [0, 0.05) is 29.8 Å². The van der Waals surface area contributed by atoms with Crippen LogP contribution in [0.15, 0.2) is 30.3 Å². The van der Waals surface area contributed by atoms with Gasteiger partial charge in [0.2, 0.25) is 0 Å². The first-order chi connectivity index (χ1) is 8.63. The van der Waals surface area contributed by atoms with E-state index in [1.807, 2.05) is 0 Å². The Bertz CT molecular complexity index is 609. The number of benzene rings is 2. The molecule has 94 valence electrons. The average molecular weight is 242 g/mol. The van der Waals surface area contributed by atoms with Gasteiger partial charge in [0.1, 0.15) is 5.66 Å². The van der Waals surface area contributed by atoms with E-state index in [-0.39, 0.29) is 12.3 Å². The first-order valence-electron chi connectivity index (χ1n) is 6.32. The lowest BCUT2D eigenvalue weighted by Gasteiger charge is -2.39. The maximum atomic E-state index is 9.22. The van der Waals surface area contributed by atoms with Gasteiger partial charge in [-0.15, -0.1) is 0 Å². The highest BCUT2D eigenvalue weighted by Gasteiger charge is 2.29. The Morgan fingerprint density at radius 1 is 1.17 bits per heavy atom. The van der Waals surface area contributed by atoms with E-state index < -0.39 is 0 Å². The van der Waals surface area contributed by atoms with E-state index in [0.29, 0.717) is 6.42 Å². The van der Waals surface area contributed by atoms with Crippen molar-refractivity contribution >= 4 is 22.1 Å². The summed E-state index contributed by atoms with van der Waals surface area (Å²) in [6.45, 7) is 4.36. The van der Waals surface area contributed by atoms with Gasteiger partial charge in [0.05, 0.1) is 0 Å². The second kappa shape index (κ2) is 3.89. The molecule has 18 heavy (non-hydrogen) atoms. The molecule has 0 spiro atoms. The van der Waals surface area contributed by atoms with Crippen LogP contribution >= 0.6 is 0 Å². The molecule has 1 aliphatic rings. The number of rotatable bonds is 2. The van der Waals surface area contributed by atoms with Crippen molar-refractivity contribution in [1.82, 2.24) is 0 Å². The molecule has 3 nitrogen and oxygen atoms in total. The summed E-state index contributed by atoms with van der Waals surface area (Å²) in [4.78, 5) is 0. The van der Waals surface area contributed by atoms with Gasteiger partial charge in [-0.1, -0.05) is 24.3 Å². The Balaban J connectivity index is 2.22. The number of nitrogens with one attached hydrogen (secondary N) is 2. The Labute approximate surface area is 107 Å². The maximum absolute atomic E-state index is 9.22. The maximum Gasteiger partial charge on any atom is 0.107 e. The summed E-state index contributed by atoms with van der Waals surface area (Å²) in [5, 5.41) is 18.7. The second-order valence-electron chi connectivity index (χ2n) is 5.22. The third-order valence-corrected chi connectivity index (χ3v) is 3.68. The van der Waals surface area contributed by atoms with E-state index in [9.17, 15) is 5.11 Å². The molecule has 0 aromatic heterocycles. The van der Waals surface area contributed by atoms with Crippen molar-refractivity contribution in [2.24, 2.45) is 0 Å². The molecule has 0 saturated heterocycles. The molecular weight excluding hydrogens is 224 g/mol. The van der Waals surface area contributed by atoms with Gasteiger partial charge in [-0.2, -0.15) is 0 Å². The highest BCUT2D eigenvalue weighted by Crippen LogP contribution is 2.40. The Morgan fingerprint density at radius 3 is 2.78 bits per heavy atom. The normalized spacial score (nSPS) is 21.5. The summed E-state index contributed by atoms with van der Waals surface area (Å²) in [7, 11) is 0. The number of aliphatic hydroxyl groups excluding tert-OH is 1. The lowest BCUT2D eigenvalue weighted by molar-refractivity contribution is 0.263. The third-order valence-electron chi connectivity index (χ3n) is 3.68. The molecule has 0 fully saturated rings. The molecule has 0 saturated carbocycles. The van der Waals surface area contributed by atoms with Crippen LogP contribution in [0.5, 0.6) is 0 Å². The van der Waals surface area contributed by atoms with E-state index in [0.717, 1.165) is 5.69 Å². The topological polar surface area (TPSA) is 44.3 Å². The monoisotopic (exact) mass is 242 g/mol. The largest absolute Gasteiger partial charge is 0.396 e. The average Bonchev–Trinajstić information content (AvgIpc) is 2.33. The summed E-state index contributed by atoms with van der Waals surface area (Å²) in [5.74, 6) is 0. The van der Waals surface area contributed by atoms with Crippen LogP contribution in [0.4, 0.5) is 11.4 Å². The number of hydrogen-bond acceptors (Lipinski definition) is 3. The summed E-state index contributed by atoms with van der Waals surface area (Å²) < 4.78 is 0. The fourth-order valence-corrected chi connectivity index (χ4v) is 2.70. The summed E-state index contributed by atoms with van der Waals surface area (Å²) in [5.41, 5.74) is 3.27. The van der Waals surface area contributed by atoms with Crippen LogP contribution in [0, 0.1) is 6.92 Å². The number of anilines is 2. The van der Waals surface area contributed by atoms with Crippen molar-refractivity contribution in [3.8, 4) is 0 Å². The van der Waals surface area contributed by atoms with Crippen molar-refractivity contribution in [1.29, 1.82) is 0 Å². The summed E-state index contributed by atoms with van der Waals surface area (Å²) >= 11 is 0. The molecule has 3 N–H and O–H groups in total. The van der Waals surface area contributed by atoms with Crippen molar-refractivity contribution in [3.63, 3.8) is 0 Å². The molecule has 0 radical (unpaired) electrons. The van der Waals surface area contributed by atoms with Crippen LogP contribution in [0.3, 0.4) is 0 Å². The van der Waals surface area contributed by atoms with Crippen molar-refractivity contribution in [2.45, 2.75) is 25.9 Å². The smallest absolute Gasteiger partial charge is 0.107 e. The molecule has 2 aromatic rings. The lowest BCUT2D eigenvalue weighted by Crippen LogP contribution is -2.46. The molecule has 0 amide bonds. The zero-order chi connectivity index (χ0) is 12.8. The van der Waals surface area contributed by atoms with Crippen LogP contribution in [-0.2, 0) is 0 Å². The fraction of sp³-hybridized carbons (Fsp3) is 0.333. The van der Waals surface area contributed by atoms with Gasteiger partial charge in [0.15, 0.2) is 0 Å². The molecule has 0 aliphatic carbocycles. The molecule has 1 atom stereocenters. The highest BCUT2D eigenvalue weighted by atomic mass is 16.3. The Hall–Kier alpha value is -1.74. The van der Waals surface area contributed by atoms with Crippen LogP contribution in [0.25, 0.3) is 10.8 Å². The van der Waals surface area contributed by atoms with Crippen LogP contribution in [-0.4, -0.2) is 17.4 Å². The quantitative estimate of drug-likeness (QED) is 0.758. The van der Waals surface area contributed by atoms with Crippen molar-refractivity contribution in [2.75, 3.05) is 17.2 Å². The van der Waals surface area contributed by atoms with E-state index >= 15 is 0 Å². The first-order valence-corrected chi connectivity index (χ1v) is 6.32. The molecule has 1 aliphatic heterocycles. The number of aliphatic hydroxyl groups is 1. The minimum Gasteiger partial charge on any atom is -0.396 e. The van der Waals surface area contributed by atoms with Crippen LogP contribution in [0.2, 0.25) is 0 Å². The van der Waals surface area contributed by atoms with Gasteiger partial charge in [-0.3, -0.25) is 0 Å².